The summed E-state index contributed by atoms with van der Waals surface area (Å²) in [4.78, 5) is 0. The molecule has 1 aromatic carbocycles. The molecule has 1 aliphatic rings. The van der Waals surface area contributed by atoms with Crippen LogP contribution in [0.4, 0.5) is 0 Å². The Kier molecular flexibility index (Phi) is 5.45. The van der Waals surface area contributed by atoms with E-state index in [0.29, 0.717) is 6.04 Å². The standard InChI is InChI=1S/C18H29N/c1-14-8-9-17(12-15(14)2)13-18(19-3)11-10-16-6-4-5-7-16/h8-9,12,16,18-19H,4-7,10-11,13H2,1-3H3. The fraction of sp³-hybridized carbons (Fsp3) is 0.667. The highest BCUT2D eigenvalue weighted by atomic mass is 14.9. The molecule has 0 heterocycles. The quantitative estimate of drug-likeness (QED) is 0.798. The monoisotopic (exact) mass is 259 g/mol. The van der Waals surface area contributed by atoms with E-state index in [4.69, 9.17) is 0 Å². The Morgan fingerprint density at radius 2 is 1.89 bits per heavy atom. The molecule has 1 N–H and O–H groups in total. The van der Waals surface area contributed by atoms with Gasteiger partial charge in [-0.1, -0.05) is 43.9 Å². The van der Waals surface area contributed by atoms with Gasteiger partial charge in [-0.2, -0.15) is 0 Å². The molecule has 106 valence electrons. The molecule has 0 saturated heterocycles. The summed E-state index contributed by atoms with van der Waals surface area (Å²) >= 11 is 0. The Morgan fingerprint density at radius 1 is 1.16 bits per heavy atom. The Labute approximate surface area is 118 Å². The number of benzene rings is 1. The van der Waals surface area contributed by atoms with Crippen LogP contribution in [0.25, 0.3) is 0 Å². The molecule has 19 heavy (non-hydrogen) atoms. The lowest BCUT2D eigenvalue weighted by Crippen LogP contribution is -2.28. The molecule has 0 spiro atoms. The average Bonchev–Trinajstić information content (AvgIpc) is 2.92. The van der Waals surface area contributed by atoms with Gasteiger partial charge in [-0.05, 0) is 62.8 Å². The van der Waals surface area contributed by atoms with Gasteiger partial charge in [-0.3, -0.25) is 0 Å². The maximum atomic E-state index is 3.51. The van der Waals surface area contributed by atoms with Crippen LogP contribution in [0.1, 0.15) is 55.2 Å². The lowest BCUT2D eigenvalue weighted by Gasteiger charge is -2.19. The molecule has 1 saturated carbocycles. The third-order valence-corrected chi connectivity index (χ3v) is 4.86. The second-order valence-electron chi connectivity index (χ2n) is 6.34. The minimum absolute atomic E-state index is 0.641. The fourth-order valence-electron chi connectivity index (χ4n) is 3.30. The molecule has 0 aromatic heterocycles. The molecule has 1 aliphatic carbocycles. The van der Waals surface area contributed by atoms with Crippen molar-refractivity contribution in [1.82, 2.24) is 5.32 Å². The van der Waals surface area contributed by atoms with Crippen LogP contribution >= 0.6 is 0 Å². The summed E-state index contributed by atoms with van der Waals surface area (Å²) in [5, 5.41) is 3.51. The van der Waals surface area contributed by atoms with Crippen molar-refractivity contribution in [1.29, 1.82) is 0 Å². The van der Waals surface area contributed by atoms with Crippen molar-refractivity contribution >= 4 is 0 Å². The molecule has 2 rings (SSSR count). The molecule has 0 amide bonds. The lowest BCUT2D eigenvalue weighted by molar-refractivity contribution is 0.418. The molecule has 1 unspecified atom stereocenters. The topological polar surface area (TPSA) is 12.0 Å². The zero-order valence-corrected chi connectivity index (χ0v) is 12.8. The van der Waals surface area contributed by atoms with E-state index >= 15 is 0 Å². The molecule has 1 atom stereocenters. The van der Waals surface area contributed by atoms with E-state index in [1.807, 2.05) is 0 Å². The summed E-state index contributed by atoms with van der Waals surface area (Å²) in [7, 11) is 2.11. The van der Waals surface area contributed by atoms with E-state index in [2.05, 4.69) is 44.4 Å². The van der Waals surface area contributed by atoms with Gasteiger partial charge in [0.15, 0.2) is 0 Å². The van der Waals surface area contributed by atoms with Gasteiger partial charge in [0.1, 0.15) is 0 Å². The maximum Gasteiger partial charge on any atom is 0.0105 e. The summed E-state index contributed by atoms with van der Waals surface area (Å²) in [6, 6.07) is 7.55. The molecule has 1 fully saturated rings. The van der Waals surface area contributed by atoms with Gasteiger partial charge in [0.05, 0.1) is 0 Å². The van der Waals surface area contributed by atoms with E-state index in [-0.39, 0.29) is 0 Å². The van der Waals surface area contributed by atoms with Crippen molar-refractivity contribution in [2.24, 2.45) is 5.92 Å². The van der Waals surface area contributed by atoms with Crippen LogP contribution < -0.4 is 5.32 Å². The minimum atomic E-state index is 0.641. The highest BCUT2D eigenvalue weighted by molar-refractivity contribution is 5.30. The van der Waals surface area contributed by atoms with E-state index < -0.39 is 0 Å². The first-order valence-corrected chi connectivity index (χ1v) is 7.92. The van der Waals surface area contributed by atoms with Crippen LogP contribution in [0.15, 0.2) is 18.2 Å². The fourth-order valence-corrected chi connectivity index (χ4v) is 3.30. The second-order valence-corrected chi connectivity index (χ2v) is 6.34. The Balaban J connectivity index is 1.85. The van der Waals surface area contributed by atoms with E-state index in [1.54, 1.807) is 0 Å². The molecule has 0 radical (unpaired) electrons. The predicted octanol–water partition coefficient (Wildman–Crippen LogP) is 4.40. The van der Waals surface area contributed by atoms with Gasteiger partial charge >= 0.3 is 0 Å². The van der Waals surface area contributed by atoms with Crippen LogP contribution in [0.2, 0.25) is 0 Å². The average molecular weight is 259 g/mol. The normalized spacial score (nSPS) is 17.8. The number of nitrogens with one attached hydrogen (secondary N) is 1. The molecule has 1 nitrogen and oxygen atoms in total. The van der Waals surface area contributed by atoms with Crippen LogP contribution in [-0.2, 0) is 6.42 Å². The van der Waals surface area contributed by atoms with Crippen molar-refractivity contribution in [3.63, 3.8) is 0 Å². The number of aryl methyl sites for hydroxylation is 2. The predicted molar refractivity (Wildman–Crippen MR) is 83.7 cm³/mol. The molecule has 1 aromatic rings. The number of hydrogen-bond donors (Lipinski definition) is 1. The van der Waals surface area contributed by atoms with Gasteiger partial charge in [-0.15, -0.1) is 0 Å². The summed E-state index contributed by atoms with van der Waals surface area (Å²) in [5.41, 5.74) is 4.30. The zero-order valence-electron chi connectivity index (χ0n) is 12.8. The van der Waals surface area contributed by atoms with E-state index in [9.17, 15) is 0 Å². The zero-order chi connectivity index (χ0) is 13.7. The number of rotatable bonds is 6. The summed E-state index contributed by atoms with van der Waals surface area (Å²) in [6.07, 6.45) is 9.78. The first-order chi connectivity index (χ1) is 9.19. The van der Waals surface area contributed by atoms with E-state index in [1.165, 1.54) is 61.6 Å². The largest absolute Gasteiger partial charge is 0.317 e. The first-order valence-electron chi connectivity index (χ1n) is 7.92. The summed E-state index contributed by atoms with van der Waals surface area (Å²) in [6.45, 7) is 4.40. The molecular weight excluding hydrogens is 230 g/mol. The molecule has 0 bridgehead atoms. The SMILES string of the molecule is CNC(CCC1CCCC1)Cc1ccc(C)c(C)c1. The molecule has 0 aliphatic heterocycles. The lowest BCUT2D eigenvalue weighted by atomic mass is 9.94. The third-order valence-electron chi connectivity index (χ3n) is 4.86. The molecular formula is C18H29N. The Bertz CT molecular complexity index is 391. The van der Waals surface area contributed by atoms with Gasteiger partial charge in [-0.25, -0.2) is 0 Å². The van der Waals surface area contributed by atoms with Crippen molar-refractivity contribution in [2.75, 3.05) is 7.05 Å². The smallest absolute Gasteiger partial charge is 0.0105 e. The van der Waals surface area contributed by atoms with Crippen LogP contribution in [0, 0.1) is 19.8 Å². The Morgan fingerprint density at radius 3 is 2.53 bits per heavy atom. The first kappa shape index (κ1) is 14.6. The van der Waals surface area contributed by atoms with Crippen molar-refractivity contribution < 1.29 is 0 Å². The van der Waals surface area contributed by atoms with Crippen LogP contribution in [0.5, 0.6) is 0 Å². The highest BCUT2D eigenvalue weighted by Gasteiger charge is 2.17. The highest BCUT2D eigenvalue weighted by Crippen LogP contribution is 2.29. The van der Waals surface area contributed by atoms with Gasteiger partial charge in [0, 0.05) is 6.04 Å². The van der Waals surface area contributed by atoms with Gasteiger partial charge in [0.25, 0.3) is 0 Å². The van der Waals surface area contributed by atoms with Crippen molar-refractivity contribution in [2.45, 2.75) is 64.8 Å². The van der Waals surface area contributed by atoms with Crippen molar-refractivity contribution in [3.05, 3.63) is 34.9 Å². The summed E-state index contributed by atoms with van der Waals surface area (Å²) < 4.78 is 0. The number of likely N-dealkylation sites (N-methyl/N-ethyl adjacent to an activating group) is 1. The maximum absolute atomic E-state index is 3.51. The third kappa shape index (κ3) is 4.35. The van der Waals surface area contributed by atoms with Crippen LogP contribution in [-0.4, -0.2) is 13.1 Å². The summed E-state index contributed by atoms with van der Waals surface area (Å²) in [5.74, 6) is 1.01. The second kappa shape index (κ2) is 7.09. The van der Waals surface area contributed by atoms with Gasteiger partial charge < -0.3 is 5.32 Å². The van der Waals surface area contributed by atoms with Crippen molar-refractivity contribution in [3.8, 4) is 0 Å². The Hall–Kier alpha value is -0.820. The number of hydrogen-bond acceptors (Lipinski definition) is 1. The van der Waals surface area contributed by atoms with Crippen LogP contribution in [0.3, 0.4) is 0 Å². The molecule has 1 heteroatoms. The minimum Gasteiger partial charge on any atom is -0.317 e. The van der Waals surface area contributed by atoms with E-state index in [0.717, 1.165) is 5.92 Å². The van der Waals surface area contributed by atoms with Gasteiger partial charge in [0.2, 0.25) is 0 Å².